The first-order valence-electron chi connectivity index (χ1n) is 43.9. The summed E-state index contributed by atoms with van der Waals surface area (Å²) in [5, 5.41) is 140. The van der Waals surface area contributed by atoms with Gasteiger partial charge in [0, 0.05) is 43.5 Å². The lowest BCUT2D eigenvalue weighted by Gasteiger charge is -2.51. The monoisotopic (exact) mass is 1810 g/mol. The molecule has 23 N–H and O–H groups in total. The van der Waals surface area contributed by atoms with E-state index in [1.54, 1.807) is 26.0 Å². The number of halogens is 2. The molecule has 7 amide bonds. The number of carboxylic acid groups (broad SMARTS) is 1. The lowest BCUT2D eigenvalue weighted by molar-refractivity contribution is -0.286. The maximum atomic E-state index is 16.5. The van der Waals surface area contributed by atoms with Crippen molar-refractivity contribution < 1.29 is 126 Å². The van der Waals surface area contributed by atoms with Crippen LogP contribution in [0.4, 0.5) is 0 Å². The molecule has 0 radical (unpaired) electrons. The smallest absolute Gasteiger partial charge is 0.326 e. The fourth-order valence-electron chi connectivity index (χ4n) is 19.8. The predicted molar refractivity (Wildman–Crippen MR) is 447 cm³/mol. The van der Waals surface area contributed by atoms with Crippen LogP contribution in [0.25, 0.3) is 0 Å². The van der Waals surface area contributed by atoms with Crippen molar-refractivity contribution >= 4 is 80.5 Å². The summed E-state index contributed by atoms with van der Waals surface area (Å²) in [5.74, 6) is -19.3. The first-order chi connectivity index (χ1) is 58.8. The Balaban J connectivity index is 0.985. The van der Waals surface area contributed by atoms with Gasteiger partial charge in [-0.05, 0) is 207 Å². The molecule has 40 heteroatoms. The van der Waals surface area contributed by atoms with Crippen LogP contribution in [-0.4, -0.2) is 285 Å². The second-order valence-corrected chi connectivity index (χ2v) is 39.2. The number of hydrogen-bond acceptors (Lipinski definition) is 28. The highest BCUT2D eigenvalue weighted by Crippen LogP contribution is 2.51. The number of hydrogen-bond donors (Lipinski definition) is 21. The van der Waals surface area contributed by atoms with Crippen molar-refractivity contribution in [2.45, 2.75) is 312 Å². The van der Waals surface area contributed by atoms with Crippen LogP contribution >= 0.6 is 23.2 Å². The molecule has 0 aromatic heterocycles. The minimum Gasteiger partial charge on any atom is -0.494 e. The molecule has 124 heavy (non-hydrogen) atoms. The lowest BCUT2D eigenvalue weighted by atomic mass is 9.58. The van der Waals surface area contributed by atoms with E-state index >= 15 is 24.0 Å². The number of amides is 7. The number of aliphatic carboxylic acids is 1. The molecule has 6 heterocycles. The highest BCUT2D eigenvalue weighted by molar-refractivity contribution is 7.89. The number of aliphatic hydroxyl groups excluding tert-OH is 9. The fourth-order valence-corrected chi connectivity index (χ4v) is 21.7. The Bertz CT molecular complexity index is 4110. The van der Waals surface area contributed by atoms with Crippen LogP contribution < -0.4 is 77.7 Å². The van der Waals surface area contributed by atoms with Gasteiger partial charge in [0.25, 0.3) is 0 Å². The molecule has 6 aliphatic heterocycles. The molecule has 37 nitrogen and oxygen atoms in total. The molecule has 5 saturated carbocycles. The fraction of sp³-hybridized carbons (Fsp3) is 0.762. The van der Waals surface area contributed by atoms with Crippen LogP contribution in [0, 0.1) is 53.3 Å². The average Bonchev–Trinajstić information content (AvgIpc) is 0.752. The van der Waals surface area contributed by atoms with E-state index in [9.17, 15) is 73.9 Å². The van der Waals surface area contributed by atoms with E-state index in [2.05, 4.69) is 54.2 Å². The number of benzene rings is 2. The van der Waals surface area contributed by atoms with Crippen LogP contribution in [0.1, 0.15) is 175 Å². The van der Waals surface area contributed by atoms with Crippen molar-refractivity contribution in [2.75, 3.05) is 39.9 Å². The minimum absolute atomic E-state index is 0.0230. The molecule has 2 aromatic rings. The topological polar surface area (TPSA) is 589 Å². The van der Waals surface area contributed by atoms with Crippen LogP contribution in [0.5, 0.6) is 23.0 Å². The summed E-state index contributed by atoms with van der Waals surface area (Å²) in [4.78, 5) is 120. The van der Waals surface area contributed by atoms with E-state index in [0.29, 0.717) is 38.2 Å². The molecular weight excluding hydrogens is 1680 g/mol. The Morgan fingerprint density at radius 2 is 1.34 bits per heavy atom. The normalized spacial score (nSPS) is 37.8. The number of aliphatic hydroxyl groups is 9. The number of carbonyl (C=O) groups excluding carboxylic acids is 7. The summed E-state index contributed by atoms with van der Waals surface area (Å²) >= 11 is 14.9. The molecule has 2 saturated heterocycles. The zero-order chi connectivity index (χ0) is 90.1. The summed E-state index contributed by atoms with van der Waals surface area (Å²) in [7, 11) is -2.34. The van der Waals surface area contributed by atoms with Crippen LogP contribution in [0.15, 0.2) is 41.3 Å². The van der Waals surface area contributed by atoms with Crippen LogP contribution in [0.3, 0.4) is 0 Å². The Morgan fingerprint density at radius 3 is 1.95 bits per heavy atom. The molecule has 11 aliphatic rings. The van der Waals surface area contributed by atoms with E-state index < -0.39 is 262 Å². The standard InChI is InChI=1S/C84H129Cl2N11O26S/c1-7-8-12-25-118-45-16-18-46(19-17-45)124(116,117)91-24-11-9-10-23-90-36-49-55(100)33-48-63(72(49)105)47-27-40(13-20-54(47)99)64-79(110)97-68(82(113)95-66(48)83(114)115)70(103)42-15-22-57(51(86)29-42)121-59-31-43-30-58(74(59)122-60-32-44(37-98)71(104)73(106)75(60)123-62-35-84(5,88)76(107)39(4)119-62)120-56-21-14-41(28-50(56)85)69(102)67(96-77(108)52(89-6)26-38(2)3)81(112)92-53(34-61(87)101)78(109)93-65(43)80(111)94-64/h16-19,30-31,38-42,44,47-57,60,62-73,75-76,89-91,98-100,102-107H,7-15,20-29,32-37,88H2,1-6H3,(H2,87,101)(H,92,112)(H,93,109)(H,94,111)(H,95,113)(H,96,108)(H,97,110)(H,114,115)/t39-,40-,41-,42-,44+,47?,48?,49?,50+,51-,52+,53-,54+,55-,56+,57+,60+,62-,63?,64+,65+,66-,67+,68-,69+,70+,71+,72?,73-,75-,76+,84-/m0/s1. The third-order valence-corrected chi connectivity index (χ3v) is 29.2. The molecule has 32 atom stereocenters. The molecule has 696 valence electrons. The van der Waals surface area contributed by atoms with E-state index in [0.717, 1.165) is 19.3 Å². The van der Waals surface area contributed by atoms with Crippen LogP contribution in [-0.2, 0) is 57.9 Å². The maximum absolute atomic E-state index is 16.5. The Hall–Kier alpha value is -6.67. The van der Waals surface area contributed by atoms with Crippen molar-refractivity contribution in [1.29, 1.82) is 0 Å². The number of sulfonamides is 1. The van der Waals surface area contributed by atoms with Gasteiger partial charge in [-0.1, -0.05) is 40.0 Å². The number of unbranched alkanes of at least 4 members (excludes halogenated alkanes) is 4. The average molecular weight is 1810 g/mol. The van der Waals surface area contributed by atoms with Gasteiger partial charge >= 0.3 is 5.97 Å². The highest BCUT2D eigenvalue weighted by atomic mass is 35.5. The molecule has 7 fully saturated rings. The maximum Gasteiger partial charge on any atom is 0.326 e. The molecule has 13 rings (SSSR count). The third-order valence-electron chi connectivity index (χ3n) is 26.8. The quantitative estimate of drug-likeness (QED) is 0.0362. The number of carbonyl (C=O) groups is 8. The van der Waals surface area contributed by atoms with Crippen molar-refractivity contribution in [2.24, 2.45) is 64.7 Å². The number of nitrogens with one attached hydrogen (secondary N) is 9. The van der Waals surface area contributed by atoms with Gasteiger partial charge in [0.2, 0.25) is 57.1 Å². The number of alkyl halides is 2. The van der Waals surface area contributed by atoms with Gasteiger partial charge < -0.3 is 133 Å². The van der Waals surface area contributed by atoms with Gasteiger partial charge in [0.05, 0.1) is 83.6 Å². The number of carboxylic acids is 1. The number of rotatable bonds is 28. The third kappa shape index (κ3) is 23.5. The van der Waals surface area contributed by atoms with Gasteiger partial charge in [-0.2, -0.15) is 0 Å². The van der Waals surface area contributed by atoms with Gasteiger partial charge in [-0.25, -0.2) is 17.9 Å². The zero-order valence-electron chi connectivity index (χ0n) is 70.9. The summed E-state index contributed by atoms with van der Waals surface area (Å²) in [6.07, 6.45) is -18.6. The first-order valence-corrected chi connectivity index (χ1v) is 46.2. The van der Waals surface area contributed by atoms with Crippen molar-refractivity contribution in [3.05, 3.63) is 42.0 Å². The first kappa shape index (κ1) is 97.9. The summed E-state index contributed by atoms with van der Waals surface area (Å²) in [5.41, 5.74) is 10.9. The van der Waals surface area contributed by atoms with E-state index in [1.807, 2.05) is 13.8 Å². The SMILES string of the molecule is CCCCCOc1ccc(S(=O)(=O)NCCCCCNCC2C(O)C3C4C[C@H](CC[C@H]4O)[C@H]4NC(=O)[C@@H]5NC(=O)[C@H](CC(N)=O)NC(=O)[C@H](NC(=O)[C@@H](CC(C)C)NC)[C@H](O)[C@H]6CC[C@@H](Oc7cc5cc(c7O[C@@H]5C[C@H](CO)[C@@H](O)[C@H](O)[C@H]5O[C@H]5C[C@](C)(N)[C@H](O)[C@H](C)O5)O[C@@H]5CC[C@@H](C[C@@H]5Cl)[C@@H](O)[C@H](NC4=O)C(=O)N[C@H](C(=O)O)C3C[C@@H]2O)[C@H](Cl)C6)cc1. The van der Waals surface area contributed by atoms with E-state index in [1.165, 1.54) is 31.3 Å². The summed E-state index contributed by atoms with van der Waals surface area (Å²) in [6.45, 7) is 9.09. The molecule has 2 aromatic carbocycles. The summed E-state index contributed by atoms with van der Waals surface area (Å²) in [6, 6.07) is -4.28. The lowest BCUT2D eigenvalue weighted by Crippen LogP contribution is -2.66. The largest absolute Gasteiger partial charge is 0.494 e. The van der Waals surface area contributed by atoms with E-state index in [4.69, 9.17) is 63.1 Å². The predicted octanol–water partition coefficient (Wildman–Crippen LogP) is -0.927. The zero-order valence-corrected chi connectivity index (χ0v) is 73.3. The number of primary amides is 1. The Morgan fingerprint density at radius 1 is 0.702 bits per heavy atom. The molecular formula is C84H129Cl2N11O26S. The van der Waals surface area contributed by atoms with Crippen molar-refractivity contribution in [3.8, 4) is 23.0 Å². The second-order valence-electron chi connectivity index (χ2n) is 36.3. The number of ether oxygens (including phenoxy) is 6. The second kappa shape index (κ2) is 43.2. The van der Waals surface area contributed by atoms with Crippen LogP contribution in [0.2, 0.25) is 0 Å². The number of nitrogens with two attached hydrogens (primary N) is 2. The molecule has 0 spiro atoms. The highest BCUT2D eigenvalue weighted by Gasteiger charge is 2.57. The Kier molecular flexibility index (Phi) is 34.1. The van der Waals surface area contributed by atoms with Crippen molar-refractivity contribution in [3.63, 3.8) is 0 Å². The minimum atomic E-state index is -3.86. The van der Waals surface area contributed by atoms with E-state index in [-0.39, 0.29) is 130 Å². The van der Waals surface area contributed by atoms with Gasteiger partial charge in [-0.15, -0.1) is 23.2 Å². The molecule has 11 bridgehead atoms. The summed E-state index contributed by atoms with van der Waals surface area (Å²) < 4.78 is 68.7. The number of likely N-dealkylation sites (N-methyl/N-ethyl adjacent to an activating group) is 1. The Labute approximate surface area is 732 Å². The van der Waals surface area contributed by atoms with Gasteiger partial charge in [0.15, 0.2) is 17.8 Å². The van der Waals surface area contributed by atoms with Gasteiger partial charge in [-0.3, -0.25) is 33.6 Å². The number of fused-ring (bicyclic) bond motifs is 15. The molecule has 5 unspecified atom stereocenters. The van der Waals surface area contributed by atoms with Crippen molar-refractivity contribution in [1.82, 2.24) is 47.3 Å². The van der Waals surface area contributed by atoms with Gasteiger partial charge in [0.1, 0.15) is 72.5 Å². The molecule has 5 aliphatic carbocycles.